The van der Waals surface area contributed by atoms with Gasteiger partial charge in [-0.15, -0.1) is 0 Å². The van der Waals surface area contributed by atoms with Gasteiger partial charge in [0.1, 0.15) is 28.7 Å². The lowest BCUT2D eigenvalue weighted by Crippen LogP contribution is -2.64. The fourth-order valence-corrected chi connectivity index (χ4v) is 4.47. The topological polar surface area (TPSA) is 96.3 Å². The molecule has 1 saturated carbocycles. The number of benzene rings is 2. The summed E-state index contributed by atoms with van der Waals surface area (Å²) in [6.45, 7) is 1.83. The molecule has 2 N–H and O–H groups in total. The number of anilines is 1. The van der Waals surface area contributed by atoms with Crippen LogP contribution < -0.4 is 10.6 Å². The van der Waals surface area contributed by atoms with Gasteiger partial charge >= 0.3 is 0 Å². The third kappa shape index (κ3) is 4.21. The van der Waals surface area contributed by atoms with E-state index in [-0.39, 0.29) is 42.0 Å². The maximum atomic E-state index is 14.0. The largest absolute Gasteiger partial charge is 0.350 e. The van der Waals surface area contributed by atoms with Crippen molar-refractivity contribution < 1.29 is 27.6 Å². The Balaban J connectivity index is 1.41. The molecule has 1 aliphatic carbocycles. The number of aromatic nitrogens is 2. The Kier molecular flexibility index (Phi) is 5.77. The third-order valence-corrected chi connectivity index (χ3v) is 6.43. The summed E-state index contributed by atoms with van der Waals surface area (Å²) in [5, 5.41) is 5.08. The SMILES string of the molecule is C[C@@]1(C(=O)NCc2ccc(F)cc2)Cn2cnc(C(=O)Nc3cc(F)ccc3F)c2C(=O)N1C1CC1. The van der Waals surface area contributed by atoms with Crippen LogP contribution in [-0.4, -0.2) is 43.8 Å². The van der Waals surface area contributed by atoms with Crippen LogP contribution in [0.25, 0.3) is 0 Å². The highest BCUT2D eigenvalue weighted by Crippen LogP contribution is 2.39. The highest BCUT2D eigenvalue weighted by molar-refractivity contribution is 6.11. The number of hydrogen-bond acceptors (Lipinski definition) is 4. The highest BCUT2D eigenvalue weighted by Gasteiger charge is 2.53. The van der Waals surface area contributed by atoms with Gasteiger partial charge in [-0.25, -0.2) is 18.2 Å². The Hall–Kier alpha value is -4.15. The van der Waals surface area contributed by atoms with Crippen molar-refractivity contribution in [2.75, 3.05) is 5.32 Å². The lowest BCUT2D eigenvalue weighted by atomic mass is 9.93. The van der Waals surface area contributed by atoms with E-state index in [1.54, 1.807) is 19.1 Å². The van der Waals surface area contributed by atoms with E-state index in [4.69, 9.17) is 0 Å². The van der Waals surface area contributed by atoms with Crippen molar-refractivity contribution in [2.24, 2.45) is 0 Å². The Morgan fingerprint density at radius 3 is 2.47 bits per heavy atom. The molecule has 3 amide bonds. The number of nitrogens with zero attached hydrogens (tertiary/aromatic N) is 3. The number of amides is 3. The second-order valence-corrected chi connectivity index (χ2v) is 9.14. The van der Waals surface area contributed by atoms with Crippen LogP contribution in [0.4, 0.5) is 18.9 Å². The zero-order valence-electron chi connectivity index (χ0n) is 19.2. The fraction of sp³-hybridized carbons (Fsp3) is 0.280. The summed E-state index contributed by atoms with van der Waals surface area (Å²) < 4.78 is 42.2. The molecule has 2 heterocycles. The van der Waals surface area contributed by atoms with Gasteiger partial charge in [-0.1, -0.05) is 12.1 Å². The summed E-state index contributed by atoms with van der Waals surface area (Å²) in [5.74, 6) is -3.79. The predicted octanol–water partition coefficient (Wildman–Crippen LogP) is 3.25. The lowest BCUT2D eigenvalue weighted by Gasteiger charge is -2.44. The zero-order valence-corrected chi connectivity index (χ0v) is 19.2. The lowest BCUT2D eigenvalue weighted by molar-refractivity contribution is -0.133. The third-order valence-electron chi connectivity index (χ3n) is 6.43. The minimum atomic E-state index is -1.27. The Labute approximate surface area is 204 Å². The first-order valence-corrected chi connectivity index (χ1v) is 11.4. The van der Waals surface area contributed by atoms with Crippen LogP contribution in [0.3, 0.4) is 0 Å². The molecular weight excluding hydrogens is 475 g/mol. The molecule has 3 aromatic rings. The number of fused-ring (bicyclic) bond motifs is 1. The van der Waals surface area contributed by atoms with Crippen LogP contribution in [0, 0.1) is 17.5 Å². The number of halogens is 3. The molecule has 8 nitrogen and oxygen atoms in total. The second-order valence-electron chi connectivity index (χ2n) is 9.14. The summed E-state index contributed by atoms with van der Waals surface area (Å²) in [6.07, 6.45) is 2.69. The quantitative estimate of drug-likeness (QED) is 0.547. The maximum absolute atomic E-state index is 14.0. The Morgan fingerprint density at radius 2 is 1.78 bits per heavy atom. The summed E-state index contributed by atoms with van der Waals surface area (Å²) >= 11 is 0. The molecule has 36 heavy (non-hydrogen) atoms. The molecule has 5 rings (SSSR count). The molecule has 0 saturated heterocycles. The van der Waals surface area contributed by atoms with Crippen molar-refractivity contribution in [3.05, 3.63) is 83.2 Å². The smallest absolute Gasteiger partial charge is 0.276 e. The van der Waals surface area contributed by atoms with Crippen LogP contribution in [0.5, 0.6) is 0 Å². The normalized spacial score (nSPS) is 19.1. The van der Waals surface area contributed by atoms with Gasteiger partial charge in [0.15, 0.2) is 5.69 Å². The number of carbonyl (C=O) groups is 3. The van der Waals surface area contributed by atoms with E-state index in [0.29, 0.717) is 18.4 Å². The molecule has 1 fully saturated rings. The van der Waals surface area contributed by atoms with Crippen LogP contribution in [-0.2, 0) is 17.9 Å². The molecule has 0 radical (unpaired) electrons. The summed E-state index contributed by atoms with van der Waals surface area (Å²) in [5.41, 5.74) is -1.23. The first-order chi connectivity index (χ1) is 17.2. The molecule has 0 spiro atoms. The van der Waals surface area contributed by atoms with Gasteiger partial charge in [0, 0.05) is 18.7 Å². The number of hydrogen-bond donors (Lipinski definition) is 2. The van der Waals surface area contributed by atoms with Crippen molar-refractivity contribution in [3.8, 4) is 0 Å². The van der Waals surface area contributed by atoms with Crippen molar-refractivity contribution in [3.63, 3.8) is 0 Å². The van der Waals surface area contributed by atoms with Gasteiger partial charge in [0.25, 0.3) is 11.8 Å². The molecule has 186 valence electrons. The molecule has 0 unspecified atom stereocenters. The molecule has 1 aliphatic heterocycles. The van der Waals surface area contributed by atoms with Crippen molar-refractivity contribution in [2.45, 2.75) is 44.4 Å². The van der Waals surface area contributed by atoms with Gasteiger partial charge in [-0.2, -0.15) is 0 Å². The molecular formula is C25H22F3N5O3. The van der Waals surface area contributed by atoms with Crippen LogP contribution >= 0.6 is 0 Å². The van der Waals surface area contributed by atoms with Gasteiger partial charge in [0.2, 0.25) is 5.91 Å². The molecule has 2 aliphatic rings. The molecule has 1 atom stereocenters. The van der Waals surface area contributed by atoms with Gasteiger partial charge in [-0.05, 0) is 49.6 Å². The molecule has 1 aromatic heterocycles. The van der Waals surface area contributed by atoms with Crippen molar-refractivity contribution in [1.29, 1.82) is 0 Å². The summed E-state index contributed by atoms with van der Waals surface area (Å²) in [6, 6.07) is 8.15. The second kappa shape index (κ2) is 8.81. The first kappa shape index (κ1) is 23.6. The van der Waals surface area contributed by atoms with E-state index in [2.05, 4.69) is 15.6 Å². The highest BCUT2D eigenvalue weighted by atomic mass is 19.1. The van der Waals surface area contributed by atoms with Gasteiger partial charge < -0.3 is 20.1 Å². The minimum Gasteiger partial charge on any atom is -0.350 e. The Bertz CT molecular complexity index is 1370. The zero-order chi connectivity index (χ0) is 25.6. The first-order valence-electron chi connectivity index (χ1n) is 11.4. The van der Waals surface area contributed by atoms with E-state index in [0.717, 1.165) is 18.2 Å². The van der Waals surface area contributed by atoms with E-state index in [1.807, 2.05) is 0 Å². The average Bonchev–Trinajstić information content (AvgIpc) is 3.58. The molecule has 11 heteroatoms. The number of nitrogens with one attached hydrogen (secondary N) is 2. The van der Waals surface area contributed by atoms with Gasteiger partial charge in [-0.3, -0.25) is 14.4 Å². The van der Waals surface area contributed by atoms with E-state index in [1.165, 1.54) is 27.9 Å². The number of carbonyl (C=O) groups excluding carboxylic acids is 3. The standard InChI is InChI=1S/C25H22F3N5O3/c1-25(24(36)29-11-14-2-4-15(26)5-3-14)12-32-13-30-20(21(32)23(35)33(25)17-7-8-17)22(34)31-19-10-16(27)6-9-18(19)28/h2-6,9-10,13,17H,7-8,11-12H2,1H3,(H,29,36)(H,31,34)/t25-/m0/s1. The van der Waals surface area contributed by atoms with Crippen LogP contribution in [0.15, 0.2) is 48.8 Å². The predicted molar refractivity (Wildman–Crippen MR) is 122 cm³/mol. The monoisotopic (exact) mass is 497 g/mol. The Morgan fingerprint density at radius 1 is 1.08 bits per heavy atom. The van der Waals surface area contributed by atoms with Crippen molar-refractivity contribution >= 4 is 23.4 Å². The van der Waals surface area contributed by atoms with E-state index in [9.17, 15) is 27.6 Å². The summed E-state index contributed by atoms with van der Waals surface area (Å²) in [4.78, 5) is 45.4. The van der Waals surface area contributed by atoms with E-state index < -0.39 is 34.9 Å². The van der Waals surface area contributed by atoms with Crippen LogP contribution in [0.1, 0.15) is 46.3 Å². The average molecular weight is 497 g/mol. The van der Waals surface area contributed by atoms with Crippen LogP contribution in [0.2, 0.25) is 0 Å². The maximum Gasteiger partial charge on any atom is 0.276 e. The van der Waals surface area contributed by atoms with Gasteiger partial charge in [0.05, 0.1) is 18.6 Å². The fourth-order valence-electron chi connectivity index (χ4n) is 4.47. The number of imidazole rings is 1. The molecule has 2 aromatic carbocycles. The number of rotatable bonds is 6. The summed E-state index contributed by atoms with van der Waals surface area (Å²) in [7, 11) is 0. The minimum absolute atomic E-state index is 0.0278. The van der Waals surface area contributed by atoms with E-state index >= 15 is 0 Å². The van der Waals surface area contributed by atoms with Crippen molar-refractivity contribution in [1.82, 2.24) is 19.8 Å². The molecule has 0 bridgehead atoms.